The number of nitrogen functional groups attached to an aromatic ring is 1. The van der Waals surface area contributed by atoms with Crippen LogP contribution in [0.1, 0.15) is 0 Å². The van der Waals surface area contributed by atoms with Crippen molar-refractivity contribution in [3.63, 3.8) is 0 Å². The lowest BCUT2D eigenvalue weighted by molar-refractivity contribution is 0.439. The fraction of sp³-hybridized carbons (Fsp3) is 0.0769. The molecule has 2 heterocycles. The normalized spacial score (nSPS) is 10.8. The van der Waals surface area contributed by atoms with Crippen LogP contribution in [0.3, 0.4) is 0 Å². The van der Waals surface area contributed by atoms with Gasteiger partial charge in [0, 0.05) is 18.8 Å². The summed E-state index contributed by atoms with van der Waals surface area (Å²) in [5.74, 6) is -0.305. The SMILES string of the molecule is Cn1ccc(-c2noc(N)c2-c2ccccc2F)n1. The van der Waals surface area contributed by atoms with Crippen molar-refractivity contribution in [1.29, 1.82) is 0 Å². The number of hydrogen-bond donors (Lipinski definition) is 1. The van der Waals surface area contributed by atoms with Crippen LogP contribution in [0.15, 0.2) is 41.1 Å². The summed E-state index contributed by atoms with van der Waals surface area (Å²) in [5, 5.41) is 8.10. The third-order valence-electron chi connectivity index (χ3n) is 2.82. The molecule has 96 valence electrons. The van der Waals surface area contributed by atoms with Gasteiger partial charge in [-0.05, 0) is 12.1 Å². The highest BCUT2D eigenvalue weighted by Gasteiger charge is 2.21. The Morgan fingerprint density at radius 3 is 2.74 bits per heavy atom. The number of nitrogens with two attached hydrogens (primary N) is 1. The maximum Gasteiger partial charge on any atom is 0.230 e. The van der Waals surface area contributed by atoms with Crippen LogP contribution in [0.25, 0.3) is 22.5 Å². The lowest BCUT2D eigenvalue weighted by atomic mass is 10.0. The molecule has 19 heavy (non-hydrogen) atoms. The maximum atomic E-state index is 13.9. The van der Waals surface area contributed by atoms with E-state index in [0.717, 1.165) is 0 Å². The highest BCUT2D eigenvalue weighted by Crippen LogP contribution is 2.36. The zero-order valence-electron chi connectivity index (χ0n) is 10.2. The Kier molecular flexibility index (Phi) is 2.56. The van der Waals surface area contributed by atoms with Crippen LogP contribution in [0, 0.1) is 5.82 Å². The number of hydrogen-bond acceptors (Lipinski definition) is 4. The van der Waals surface area contributed by atoms with Crippen LogP contribution in [0.4, 0.5) is 10.3 Å². The van der Waals surface area contributed by atoms with E-state index in [-0.39, 0.29) is 11.7 Å². The summed E-state index contributed by atoms with van der Waals surface area (Å²) in [6, 6.07) is 8.10. The van der Waals surface area contributed by atoms with Crippen LogP contribution in [0.5, 0.6) is 0 Å². The van der Waals surface area contributed by atoms with Gasteiger partial charge < -0.3 is 10.3 Å². The third kappa shape index (κ3) is 1.87. The predicted molar refractivity (Wildman–Crippen MR) is 68.5 cm³/mol. The number of nitrogens with zero attached hydrogens (tertiary/aromatic N) is 3. The molecule has 0 atom stereocenters. The van der Waals surface area contributed by atoms with E-state index in [9.17, 15) is 4.39 Å². The molecule has 0 aliphatic carbocycles. The van der Waals surface area contributed by atoms with E-state index in [0.29, 0.717) is 22.5 Å². The second-order valence-corrected chi connectivity index (χ2v) is 4.12. The van der Waals surface area contributed by atoms with Crippen LogP contribution < -0.4 is 5.73 Å². The van der Waals surface area contributed by atoms with Gasteiger partial charge in [0.2, 0.25) is 5.88 Å². The molecular weight excluding hydrogens is 247 g/mol. The average Bonchev–Trinajstić information content (AvgIpc) is 2.96. The second kappa shape index (κ2) is 4.24. The molecule has 0 amide bonds. The largest absolute Gasteiger partial charge is 0.367 e. The van der Waals surface area contributed by atoms with Gasteiger partial charge in [-0.3, -0.25) is 4.68 Å². The third-order valence-corrected chi connectivity index (χ3v) is 2.82. The Hall–Kier alpha value is -2.63. The van der Waals surface area contributed by atoms with Crippen LogP contribution in [-0.4, -0.2) is 14.9 Å². The van der Waals surface area contributed by atoms with E-state index in [4.69, 9.17) is 10.3 Å². The van der Waals surface area contributed by atoms with E-state index >= 15 is 0 Å². The molecule has 2 N–H and O–H groups in total. The standard InChI is InChI=1S/C13H11FN4O/c1-18-7-6-10(16-18)12-11(13(15)19-17-12)8-4-2-3-5-9(8)14/h2-7H,15H2,1H3. The predicted octanol–water partition coefficient (Wildman–Crippen LogP) is 2.46. The molecule has 0 unspecified atom stereocenters. The molecule has 0 bridgehead atoms. The Morgan fingerprint density at radius 2 is 2.05 bits per heavy atom. The van der Waals surface area contributed by atoms with Gasteiger partial charge in [-0.25, -0.2) is 4.39 Å². The number of rotatable bonds is 2. The molecule has 0 aliphatic rings. The number of aryl methyl sites for hydroxylation is 1. The van der Waals surface area contributed by atoms with Crippen molar-refractivity contribution in [2.75, 3.05) is 5.73 Å². The molecule has 0 aliphatic heterocycles. The van der Waals surface area contributed by atoms with Crippen LogP contribution >= 0.6 is 0 Å². The molecule has 3 aromatic rings. The Morgan fingerprint density at radius 1 is 1.26 bits per heavy atom. The summed E-state index contributed by atoms with van der Waals surface area (Å²) >= 11 is 0. The summed E-state index contributed by atoms with van der Waals surface area (Å²) in [5.41, 5.74) is 7.55. The summed E-state index contributed by atoms with van der Waals surface area (Å²) in [6.07, 6.45) is 1.77. The number of aromatic nitrogens is 3. The molecule has 0 saturated carbocycles. The molecule has 1 aromatic carbocycles. The van der Waals surface area contributed by atoms with E-state index in [1.54, 1.807) is 42.2 Å². The van der Waals surface area contributed by atoms with Gasteiger partial charge >= 0.3 is 0 Å². The Bertz CT molecular complexity index is 732. The Labute approximate surface area is 108 Å². The van der Waals surface area contributed by atoms with Gasteiger partial charge in [-0.15, -0.1) is 0 Å². The summed E-state index contributed by atoms with van der Waals surface area (Å²) in [4.78, 5) is 0. The molecule has 0 spiro atoms. The van der Waals surface area contributed by atoms with E-state index in [1.807, 2.05) is 0 Å². The molecule has 2 aromatic heterocycles. The van der Waals surface area contributed by atoms with Crippen molar-refractivity contribution < 1.29 is 8.91 Å². The van der Waals surface area contributed by atoms with Gasteiger partial charge in [0.05, 0.1) is 5.56 Å². The van der Waals surface area contributed by atoms with Crippen molar-refractivity contribution in [3.05, 3.63) is 42.3 Å². The van der Waals surface area contributed by atoms with Crippen molar-refractivity contribution in [2.45, 2.75) is 0 Å². The molecule has 0 saturated heterocycles. The zero-order valence-corrected chi connectivity index (χ0v) is 10.2. The van der Waals surface area contributed by atoms with Crippen molar-refractivity contribution in [3.8, 4) is 22.5 Å². The van der Waals surface area contributed by atoms with E-state index in [1.165, 1.54) is 6.07 Å². The molecule has 0 fully saturated rings. The first-order valence-corrected chi connectivity index (χ1v) is 5.67. The first kappa shape index (κ1) is 11.5. The summed E-state index contributed by atoms with van der Waals surface area (Å²) < 4.78 is 20.5. The molecule has 0 radical (unpaired) electrons. The van der Waals surface area contributed by atoms with Gasteiger partial charge in [0.25, 0.3) is 0 Å². The zero-order chi connectivity index (χ0) is 13.4. The van der Waals surface area contributed by atoms with Gasteiger partial charge in [-0.1, -0.05) is 23.4 Å². The monoisotopic (exact) mass is 258 g/mol. The quantitative estimate of drug-likeness (QED) is 0.766. The molecule has 3 rings (SSSR count). The minimum absolute atomic E-state index is 0.0748. The lowest BCUT2D eigenvalue weighted by Gasteiger charge is -2.02. The van der Waals surface area contributed by atoms with Crippen molar-refractivity contribution >= 4 is 5.88 Å². The van der Waals surface area contributed by atoms with Crippen LogP contribution in [-0.2, 0) is 7.05 Å². The fourth-order valence-corrected chi connectivity index (χ4v) is 1.94. The van der Waals surface area contributed by atoms with Gasteiger partial charge in [0.1, 0.15) is 17.2 Å². The number of anilines is 1. The van der Waals surface area contributed by atoms with Gasteiger partial charge in [-0.2, -0.15) is 5.10 Å². The van der Waals surface area contributed by atoms with E-state index in [2.05, 4.69) is 10.3 Å². The van der Waals surface area contributed by atoms with E-state index < -0.39 is 0 Å². The highest BCUT2D eigenvalue weighted by atomic mass is 19.1. The summed E-state index contributed by atoms with van der Waals surface area (Å²) in [6.45, 7) is 0. The number of benzene rings is 1. The van der Waals surface area contributed by atoms with Crippen LogP contribution in [0.2, 0.25) is 0 Å². The number of halogens is 1. The second-order valence-electron chi connectivity index (χ2n) is 4.12. The maximum absolute atomic E-state index is 13.9. The fourth-order valence-electron chi connectivity index (χ4n) is 1.94. The molecule has 6 heteroatoms. The average molecular weight is 258 g/mol. The summed E-state index contributed by atoms with van der Waals surface area (Å²) in [7, 11) is 1.79. The highest BCUT2D eigenvalue weighted by molar-refractivity contribution is 5.85. The van der Waals surface area contributed by atoms with Gasteiger partial charge in [0.15, 0.2) is 0 Å². The minimum Gasteiger partial charge on any atom is -0.367 e. The first-order chi connectivity index (χ1) is 9.16. The lowest BCUT2D eigenvalue weighted by Crippen LogP contribution is -1.92. The minimum atomic E-state index is -0.380. The van der Waals surface area contributed by atoms with Crippen molar-refractivity contribution in [2.24, 2.45) is 7.05 Å². The first-order valence-electron chi connectivity index (χ1n) is 5.67. The van der Waals surface area contributed by atoms with Crippen molar-refractivity contribution in [1.82, 2.24) is 14.9 Å². The molecule has 5 nitrogen and oxygen atoms in total. The Balaban J connectivity index is 2.22. The topological polar surface area (TPSA) is 69.9 Å². The molecular formula is C13H11FN4O. The smallest absolute Gasteiger partial charge is 0.230 e.